The van der Waals surface area contributed by atoms with Crippen LogP contribution in [0.15, 0.2) is 84.7 Å². The lowest BCUT2D eigenvalue weighted by Crippen LogP contribution is -2.30. The first-order valence-electron chi connectivity index (χ1n) is 9.52. The fourth-order valence-corrected chi connectivity index (χ4v) is 4.20. The number of rotatable bonds is 3. The highest BCUT2D eigenvalue weighted by molar-refractivity contribution is 5.91. The highest BCUT2D eigenvalue weighted by Crippen LogP contribution is 2.49. The van der Waals surface area contributed by atoms with Crippen molar-refractivity contribution in [1.82, 2.24) is 0 Å². The van der Waals surface area contributed by atoms with E-state index in [0.717, 1.165) is 17.2 Å². The van der Waals surface area contributed by atoms with Crippen LogP contribution in [-0.4, -0.2) is 4.92 Å². The van der Waals surface area contributed by atoms with Gasteiger partial charge in [0.1, 0.15) is 5.82 Å². The molecule has 1 atom stereocenters. The SMILES string of the molecule is CC1=C2Nc3ccccc3N2C(/C=C/c2ccccc2[N+](=O)[O-])c2ccccc21. The van der Waals surface area contributed by atoms with Crippen molar-refractivity contribution in [3.63, 3.8) is 0 Å². The van der Waals surface area contributed by atoms with Crippen molar-refractivity contribution >= 4 is 28.7 Å². The van der Waals surface area contributed by atoms with Crippen molar-refractivity contribution in [3.05, 3.63) is 111 Å². The highest BCUT2D eigenvalue weighted by atomic mass is 16.6. The van der Waals surface area contributed by atoms with Gasteiger partial charge in [0.25, 0.3) is 5.69 Å². The molecule has 0 spiro atoms. The van der Waals surface area contributed by atoms with Crippen molar-refractivity contribution in [2.24, 2.45) is 0 Å². The zero-order valence-corrected chi connectivity index (χ0v) is 15.9. The number of hydrogen-bond donors (Lipinski definition) is 1. The van der Waals surface area contributed by atoms with E-state index in [1.165, 1.54) is 22.8 Å². The average molecular weight is 381 g/mol. The number of nitrogens with one attached hydrogen (secondary N) is 1. The van der Waals surface area contributed by atoms with E-state index in [4.69, 9.17) is 0 Å². The molecule has 0 radical (unpaired) electrons. The molecule has 5 rings (SSSR count). The van der Waals surface area contributed by atoms with Crippen LogP contribution in [0.3, 0.4) is 0 Å². The second-order valence-corrected chi connectivity index (χ2v) is 7.19. The number of nitrogens with zero attached hydrogens (tertiary/aromatic N) is 2. The molecule has 2 heterocycles. The normalized spacial score (nSPS) is 17.0. The third-order valence-electron chi connectivity index (χ3n) is 5.57. The van der Waals surface area contributed by atoms with Gasteiger partial charge < -0.3 is 10.2 Å². The lowest BCUT2D eigenvalue weighted by Gasteiger charge is -2.35. The van der Waals surface area contributed by atoms with Gasteiger partial charge >= 0.3 is 0 Å². The third-order valence-corrected chi connectivity index (χ3v) is 5.57. The molecular weight excluding hydrogens is 362 g/mol. The van der Waals surface area contributed by atoms with E-state index in [2.05, 4.69) is 47.5 Å². The Morgan fingerprint density at radius 3 is 2.59 bits per heavy atom. The Hall–Kier alpha value is -3.86. The molecule has 0 bridgehead atoms. The van der Waals surface area contributed by atoms with E-state index >= 15 is 0 Å². The van der Waals surface area contributed by atoms with Crippen molar-refractivity contribution in [2.75, 3.05) is 10.2 Å². The molecule has 3 aromatic rings. The van der Waals surface area contributed by atoms with Crippen LogP contribution >= 0.6 is 0 Å². The number of nitro benzene ring substituents is 1. The number of benzene rings is 3. The van der Waals surface area contributed by atoms with Crippen molar-refractivity contribution in [2.45, 2.75) is 13.0 Å². The van der Waals surface area contributed by atoms with Crippen LogP contribution in [0.4, 0.5) is 17.1 Å². The molecule has 0 saturated heterocycles. The fourth-order valence-electron chi connectivity index (χ4n) is 4.20. The van der Waals surface area contributed by atoms with Gasteiger partial charge in [-0.25, -0.2) is 0 Å². The van der Waals surface area contributed by atoms with Gasteiger partial charge in [-0.05, 0) is 47.9 Å². The molecule has 5 heteroatoms. The zero-order chi connectivity index (χ0) is 20.0. The third kappa shape index (κ3) is 2.70. The summed E-state index contributed by atoms with van der Waals surface area (Å²) in [4.78, 5) is 13.3. The van der Waals surface area contributed by atoms with Gasteiger partial charge in [0, 0.05) is 6.07 Å². The van der Waals surface area contributed by atoms with Gasteiger partial charge in [-0.15, -0.1) is 0 Å². The van der Waals surface area contributed by atoms with Crippen LogP contribution in [-0.2, 0) is 0 Å². The Morgan fingerprint density at radius 1 is 1.00 bits per heavy atom. The Labute approximate surface area is 168 Å². The molecule has 5 nitrogen and oxygen atoms in total. The summed E-state index contributed by atoms with van der Waals surface area (Å²) in [6.07, 6.45) is 3.91. The predicted molar refractivity (Wildman–Crippen MR) is 116 cm³/mol. The molecule has 3 aromatic carbocycles. The fraction of sp³-hybridized carbons (Fsp3) is 0.0833. The summed E-state index contributed by atoms with van der Waals surface area (Å²) in [5.74, 6) is 1.06. The highest BCUT2D eigenvalue weighted by Gasteiger charge is 2.36. The molecule has 0 fully saturated rings. The molecule has 2 aliphatic heterocycles. The maximum atomic E-state index is 11.4. The summed E-state index contributed by atoms with van der Waals surface area (Å²) in [6, 6.07) is 23.3. The monoisotopic (exact) mass is 381 g/mol. The average Bonchev–Trinajstić information content (AvgIpc) is 3.14. The van der Waals surface area contributed by atoms with E-state index in [1.54, 1.807) is 12.1 Å². The summed E-state index contributed by atoms with van der Waals surface area (Å²) in [5, 5.41) is 15.0. The van der Waals surface area contributed by atoms with E-state index < -0.39 is 0 Å². The van der Waals surface area contributed by atoms with Crippen molar-refractivity contribution in [3.8, 4) is 0 Å². The number of allylic oxidation sites excluding steroid dienone is 1. The van der Waals surface area contributed by atoms with Crippen LogP contribution in [0.1, 0.15) is 29.7 Å². The Morgan fingerprint density at radius 2 is 1.72 bits per heavy atom. The van der Waals surface area contributed by atoms with E-state index in [9.17, 15) is 10.1 Å². The first-order valence-corrected chi connectivity index (χ1v) is 9.52. The molecule has 0 aromatic heterocycles. The molecule has 1 unspecified atom stereocenters. The largest absolute Gasteiger partial charge is 0.340 e. The van der Waals surface area contributed by atoms with Crippen LogP contribution in [0.25, 0.3) is 11.6 Å². The van der Waals surface area contributed by atoms with Crippen LogP contribution < -0.4 is 10.2 Å². The van der Waals surface area contributed by atoms with Gasteiger partial charge in [0.2, 0.25) is 0 Å². The molecular formula is C24H19N3O2. The van der Waals surface area contributed by atoms with Gasteiger partial charge in [-0.1, -0.05) is 54.6 Å². The minimum atomic E-state index is -0.337. The van der Waals surface area contributed by atoms with E-state index in [0.29, 0.717) is 5.56 Å². The zero-order valence-electron chi connectivity index (χ0n) is 15.9. The summed E-state index contributed by atoms with van der Waals surface area (Å²) in [5.41, 5.74) is 6.45. The maximum absolute atomic E-state index is 11.4. The van der Waals surface area contributed by atoms with Crippen molar-refractivity contribution in [1.29, 1.82) is 0 Å². The number of anilines is 2. The lowest BCUT2D eigenvalue weighted by molar-refractivity contribution is -0.385. The quantitative estimate of drug-likeness (QED) is 0.448. The molecule has 0 amide bonds. The molecule has 2 aliphatic rings. The smallest absolute Gasteiger partial charge is 0.276 e. The van der Waals surface area contributed by atoms with E-state index in [1.807, 2.05) is 36.4 Å². The van der Waals surface area contributed by atoms with Gasteiger partial charge in [0.05, 0.1) is 27.9 Å². The molecule has 142 valence electrons. The van der Waals surface area contributed by atoms with Crippen LogP contribution in [0, 0.1) is 10.1 Å². The second kappa shape index (κ2) is 6.63. The Bertz CT molecular complexity index is 1200. The topological polar surface area (TPSA) is 58.4 Å². The molecule has 0 saturated carbocycles. The van der Waals surface area contributed by atoms with Crippen LogP contribution in [0.2, 0.25) is 0 Å². The predicted octanol–water partition coefficient (Wildman–Crippen LogP) is 5.98. The number of hydrogen-bond acceptors (Lipinski definition) is 4. The minimum absolute atomic E-state index is 0.0686. The number of nitro groups is 1. The maximum Gasteiger partial charge on any atom is 0.276 e. The van der Waals surface area contributed by atoms with Gasteiger partial charge in [-0.3, -0.25) is 10.1 Å². The summed E-state index contributed by atoms with van der Waals surface area (Å²) in [6.45, 7) is 2.13. The van der Waals surface area contributed by atoms with Crippen LogP contribution in [0.5, 0.6) is 0 Å². The summed E-state index contributed by atoms with van der Waals surface area (Å²) < 4.78 is 0. The summed E-state index contributed by atoms with van der Waals surface area (Å²) in [7, 11) is 0. The number of para-hydroxylation sites is 3. The van der Waals surface area contributed by atoms with Crippen molar-refractivity contribution < 1.29 is 4.92 Å². The first kappa shape index (κ1) is 17.3. The Kier molecular flexibility index (Phi) is 3.95. The summed E-state index contributed by atoms with van der Waals surface area (Å²) >= 11 is 0. The van der Waals surface area contributed by atoms with E-state index in [-0.39, 0.29) is 16.7 Å². The molecule has 0 aliphatic carbocycles. The molecule has 29 heavy (non-hydrogen) atoms. The standard InChI is InChI=1S/C24H19N3O2/c1-16-18-9-3-4-10-19(18)22(15-14-17-8-2-6-12-21(17)27(28)29)26-23-13-7-5-11-20(23)25-24(16)26/h2-15,22,25H,1H3/b15-14+. The second-order valence-electron chi connectivity index (χ2n) is 7.19. The lowest BCUT2D eigenvalue weighted by atomic mass is 9.90. The van der Waals surface area contributed by atoms with Gasteiger partial charge in [0.15, 0.2) is 0 Å². The minimum Gasteiger partial charge on any atom is -0.340 e. The molecule has 1 N–H and O–H groups in total. The first-order chi connectivity index (χ1) is 14.1. The van der Waals surface area contributed by atoms with Gasteiger partial charge in [-0.2, -0.15) is 0 Å². The number of fused-ring (bicyclic) bond motifs is 4. The Balaban J connectivity index is 1.66.